The van der Waals surface area contributed by atoms with Gasteiger partial charge in [-0.15, -0.1) is 0 Å². The average Bonchev–Trinajstić information content (AvgIpc) is 2.26. The van der Waals surface area contributed by atoms with Crippen molar-refractivity contribution < 1.29 is 4.74 Å². The SMILES string of the molecule is [KH].[NaH].c1ccc2c(c1)Cc1ccccc1O2. The van der Waals surface area contributed by atoms with Gasteiger partial charge in [0.1, 0.15) is 11.5 Å². The summed E-state index contributed by atoms with van der Waals surface area (Å²) < 4.78 is 5.78. The van der Waals surface area contributed by atoms with Gasteiger partial charge in [0, 0.05) is 6.42 Å². The molecule has 0 bridgehead atoms. The molecule has 0 radical (unpaired) electrons. The molecule has 0 saturated heterocycles. The quantitative estimate of drug-likeness (QED) is 0.552. The molecular formula is C13H12KNaO. The Balaban J connectivity index is 0.000000640. The summed E-state index contributed by atoms with van der Waals surface area (Å²) in [7, 11) is 0. The van der Waals surface area contributed by atoms with Crippen LogP contribution in [0.15, 0.2) is 48.5 Å². The maximum Gasteiger partial charge on any atom is 0.130 e. The molecule has 0 fully saturated rings. The van der Waals surface area contributed by atoms with E-state index < -0.39 is 0 Å². The summed E-state index contributed by atoms with van der Waals surface area (Å²) in [6, 6.07) is 16.4. The number of fused-ring (bicyclic) bond motifs is 2. The van der Waals surface area contributed by atoms with Crippen molar-refractivity contribution in [3.05, 3.63) is 59.7 Å². The Bertz CT molecular complexity index is 397. The van der Waals surface area contributed by atoms with Crippen molar-refractivity contribution in [2.45, 2.75) is 6.42 Å². The molecule has 2 aromatic carbocycles. The third-order valence-corrected chi connectivity index (χ3v) is 2.55. The molecule has 1 aliphatic rings. The van der Waals surface area contributed by atoms with Gasteiger partial charge in [-0.2, -0.15) is 0 Å². The maximum absolute atomic E-state index is 5.78. The zero-order valence-electron chi connectivity index (χ0n) is 7.73. The molecule has 0 amide bonds. The van der Waals surface area contributed by atoms with Crippen LogP contribution in [-0.4, -0.2) is 80.9 Å². The van der Waals surface area contributed by atoms with Crippen LogP contribution in [0.3, 0.4) is 0 Å². The standard InChI is InChI=1S/C13H10O.K.Na.2H/c1-3-7-12-10(5-1)9-11-6-2-4-8-13(11)14-12;;;;/h1-8H,9H2;;;;. The molecule has 3 rings (SSSR count). The minimum Gasteiger partial charge on any atom is -0.457 e. The molecule has 0 aromatic heterocycles. The van der Waals surface area contributed by atoms with Crippen molar-refractivity contribution in [2.24, 2.45) is 0 Å². The van der Waals surface area contributed by atoms with Gasteiger partial charge < -0.3 is 4.74 Å². The molecule has 16 heavy (non-hydrogen) atoms. The first kappa shape index (κ1) is 14.9. The first-order chi connectivity index (χ1) is 6.93. The minimum atomic E-state index is 0. The second-order valence-corrected chi connectivity index (χ2v) is 3.49. The van der Waals surface area contributed by atoms with Gasteiger partial charge in [-0.3, -0.25) is 0 Å². The summed E-state index contributed by atoms with van der Waals surface area (Å²) in [6.07, 6.45) is 0.979. The van der Waals surface area contributed by atoms with Gasteiger partial charge in [-0.25, -0.2) is 0 Å². The number of benzene rings is 2. The van der Waals surface area contributed by atoms with E-state index in [1.54, 1.807) is 0 Å². The normalized spacial score (nSPS) is 11.0. The maximum atomic E-state index is 5.78. The van der Waals surface area contributed by atoms with Crippen LogP contribution in [0, 0.1) is 0 Å². The zero-order valence-corrected chi connectivity index (χ0v) is 7.73. The summed E-state index contributed by atoms with van der Waals surface area (Å²) in [5, 5.41) is 0. The van der Waals surface area contributed by atoms with Crippen molar-refractivity contribution in [3.63, 3.8) is 0 Å². The number of para-hydroxylation sites is 2. The summed E-state index contributed by atoms with van der Waals surface area (Å²) in [5.74, 6) is 1.98. The molecule has 0 atom stereocenters. The summed E-state index contributed by atoms with van der Waals surface area (Å²) in [6.45, 7) is 0. The third-order valence-electron chi connectivity index (χ3n) is 2.55. The molecule has 72 valence electrons. The van der Waals surface area contributed by atoms with Gasteiger partial charge in [0.25, 0.3) is 0 Å². The molecule has 0 N–H and O–H groups in total. The number of hydrogen-bond donors (Lipinski definition) is 0. The third kappa shape index (κ3) is 3.00. The smallest absolute Gasteiger partial charge is 0.130 e. The monoisotopic (exact) mass is 246 g/mol. The van der Waals surface area contributed by atoms with Crippen LogP contribution in [-0.2, 0) is 6.42 Å². The number of ether oxygens (including phenoxy) is 1. The average molecular weight is 246 g/mol. The van der Waals surface area contributed by atoms with E-state index in [2.05, 4.69) is 24.3 Å². The Morgan fingerprint density at radius 1 is 0.750 bits per heavy atom. The topological polar surface area (TPSA) is 9.23 Å². The van der Waals surface area contributed by atoms with Crippen LogP contribution in [0.2, 0.25) is 0 Å². The van der Waals surface area contributed by atoms with Gasteiger partial charge in [-0.1, -0.05) is 36.4 Å². The van der Waals surface area contributed by atoms with Crippen molar-refractivity contribution in [1.29, 1.82) is 0 Å². The molecule has 3 heteroatoms. The van der Waals surface area contributed by atoms with E-state index >= 15 is 0 Å². The van der Waals surface area contributed by atoms with Crippen LogP contribution in [0.1, 0.15) is 11.1 Å². The predicted octanol–water partition coefficient (Wildman–Crippen LogP) is 2.09. The molecule has 2 aromatic rings. The van der Waals surface area contributed by atoms with Crippen molar-refractivity contribution >= 4 is 80.9 Å². The largest absolute Gasteiger partial charge is 0.457 e. The van der Waals surface area contributed by atoms with Crippen LogP contribution in [0.25, 0.3) is 0 Å². The Kier molecular flexibility index (Phi) is 6.27. The number of rotatable bonds is 0. The van der Waals surface area contributed by atoms with Crippen molar-refractivity contribution in [1.82, 2.24) is 0 Å². The van der Waals surface area contributed by atoms with Gasteiger partial charge in [0.15, 0.2) is 0 Å². The second-order valence-electron chi connectivity index (χ2n) is 3.49. The van der Waals surface area contributed by atoms with E-state index in [0.29, 0.717) is 0 Å². The summed E-state index contributed by atoms with van der Waals surface area (Å²) >= 11 is 0. The van der Waals surface area contributed by atoms with Crippen molar-refractivity contribution in [2.75, 3.05) is 0 Å². The molecule has 1 aliphatic heterocycles. The predicted molar refractivity (Wildman–Crippen MR) is 70.1 cm³/mol. The van der Waals surface area contributed by atoms with Crippen molar-refractivity contribution in [3.8, 4) is 11.5 Å². The molecule has 0 spiro atoms. The van der Waals surface area contributed by atoms with E-state index in [1.165, 1.54) is 11.1 Å². The number of hydrogen-bond acceptors (Lipinski definition) is 1. The minimum absolute atomic E-state index is 0. The Hall–Kier alpha value is 0.876. The van der Waals surface area contributed by atoms with E-state index in [0.717, 1.165) is 17.9 Å². The van der Waals surface area contributed by atoms with Gasteiger partial charge in [-0.05, 0) is 23.3 Å². The fourth-order valence-electron chi connectivity index (χ4n) is 1.82. The van der Waals surface area contributed by atoms with Gasteiger partial charge >= 0.3 is 80.9 Å². The van der Waals surface area contributed by atoms with E-state index in [4.69, 9.17) is 4.74 Å². The van der Waals surface area contributed by atoms with E-state index in [-0.39, 0.29) is 80.9 Å². The van der Waals surface area contributed by atoms with E-state index in [1.807, 2.05) is 24.3 Å². The Labute approximate surface area is 160 Å². The Morgan fingerprint density at radius 2 is 1.19 bits per heavy atom. The molecule has 1 heterocycles. The molecule has 1 nitrogen and oxygen atoms in total. The van der Waals surface area contributed by atoms with Gasteiger partial charge in [0.05, 0.1) is 0 Å². The molecular weight excluding hydrogens is 234 g/mol. The Morgan fingerprint density at radius 3 is 1.69 bits per heavy atom. The summed E-state index contributed by atoms with van der Waals surface area (Å²) in [4.78, 5) is 0. The van der Waals surface area contributed by atoms with Crippen LogP contribution < -0.4 is 4.74 Å². The second kappa shape index (κ2) is 6.71. The van der Waals surface area contributed by atoms with E-state index in [9.17, 15) is 0 Å². The first-order valence-electron chi connectivity index (χ1n) is 4.77. The van der Waals surface area contributed by atoms with Gasteiger partial charge in [0.2, 0.25) is 0 Å². The zero-order chi connectivity index (χ0) is 9.38. The molecule has 0 unspecified atom stereocenters. The first-order valence-corrected chi connectivity index (χ1v) is 4.77. The van der Waals surface area contributed by atoms with Crippen LogP contribution in [0.5, 0.6) is 11.5 Å². The fraction of sp³-hybridized carbons (Fsp3) is 0.0769. The van der Waals surface area contributed by atoms with Crippen LogP contribution >= 0.6 is 0 Å². The summed E-state index contributed by atoms with van der Waals surface area (Å²) in [5.41, 5.74) is 2.54. The molecule has 0 aliphatic carbocycles. The fourth-order valence-corrected chi connectivity index (χ4v) is 1.82. The van der Waals surface area contributed by atoms with Crippen LogP contribution in [0.4, 0.5) is 0 Å². The molecule has 0 saturated carbocycles.